The predicted molar refractivity (Wildman–Crippen MR) is 113 cm³/mol. The Balaban J connectivity index is 1.97. The zero-order valence-electron chi connectivity index (χ0n) is 17.8. The maximum absolute atomic E-state index is 12.7. The number of nitrogens with zero attached hydrogens (tertiary/aromatic N) is 4. The fraction of sp³-hybridized carbons (Fsp3) is 0.333. The molecule has 2 heterocycles. The molecule has 12 nitrogen and oxygen atoms in total. The van der Waals surface area contributed by atoms with Crippen LogP contribution in [-0.2, 0) is 16.1 Å². The third-order valence-corrected chi connectivity index (χ3v) is 4.81. The minimum atomic E-state index is -1.02. The van der Waals surface area contributed by atoms with Crippen LogP contribution in [0.3, 0.4) is 0 Å². The van der Waals surface area contributed by atoms with Gasteiger partial charge in [-0.3, -0.25) is 9.36 Å². The summed E-state index contributed by atoms with van der Waals surface area (Å²) in [6.07, 6.45) is 2.13. The van der Waals surface area contributed by atoms with E-state index in [4.69, 9.17) is 4.74 Å². The van der Waals surface area contributed by atoms with Crippen LogP contribution in [0.1, 0.15) is 37.0 Å². The summed E-state index contributed by atoms with van der Waals surface area (Å²) in [7, 11) is 0. The monoisotopic (exact) mass is 456 g/mol. The number of benzene rings is 1. The van der Waals surface area contributed by atoms with Gasteiger partial charge in [0, 0.05) is 24.2 Å². The van der Waals surface area contributed by atoms with Gasteiger partial charge in [-0.05, 0) is 50.1 Å². The van der Waals surface area contributed by atoms with Crippen LogP contribution in [0.4, 0.5) is 0 Å². The molecule has 0 fully saturated rings. The lowest BCUT2D eigenvalue weighted by atomic mass is 9.97. The first-order valence-corrected chi connectivity index (χ1v) is 9.85. The molecule has 0 spiro atoms. The molecule has 33 heavy (non-hydrogen) atoms. The maximum atomic E-state index is 12.7. The molecular formula is C21H20N4O8. The second kappa shape index (κ2) is 9.39. The van der Waals surface area contributed by atoms with E-state index in [0.717, 1.165) is 0 Å². The Morgan fingerprint density at radius 1 is 1.21 bits per heavy atom. The molecule has 172 valence electrons. The molecule has 1 atom stereocenters. The van der Waals surface area contributed by atoms with Gasteiger partial charge in [0.2, 0.25) is 0 Å². The van der Waals surface area contributed by atoms with E-state index in [1.54, 1.807) is 24.3 Å². The van der Waals surface area contributed by atoms with Crippen molar-refractivity contribution < 1.29 is 24.6 Å². The number of ether oxygens (including phenoxy) is 1. The van der Waals surface area contributed by atoms with Crippen LogP contribution < -0.4 is 10.3 Å². The minimum Gasteiger partial charge on any atom is -0.483 e. The van der Waals surface area contributed by atoms with Gasteiger partial charge in [-0.1, -0.05) is 6.07 Å². The number of aromatic nitrogens is 1. The van der Waals surface area contributed by atoms with Gasteiger partial charge in [-0.15, -0.1) is 20.2 Å². The highest BCUT2D eigenvalue weighted by Crippen LogP contribution is 2.37. The number of rotatable bonds is 9. The van der Waals surface area contributed by atoms with Gasteiger partial charge in [-0.2, -0.15) is 5.26 Å². The Morgan fingerprint density at radius 3 is 2.64 bits per heavy atom. The Kier molecular flexibility index (Phi) is 6.62. The van der Waals surface area contributed by atoms with Crippen LogP contribution in [0.5, 0.6) is 5.75 Å². The molecule has 3 rings (SSSR count). The Hall–Kier alpha value is -4.40. The normalized spacial score (nSPS) is 14.6. The molecule has 2 aromatic rings. The molecule has 1 aromatic heterocycles. The van der Waals surface area contributed by atoms with Gasteiger partial charge in [0.05, 0.1) is 23.9 Å². The van der Waals surface area contributed by atoms with Crippen LogP contribution in [0, 0.1) is 31.6 Å². The first kappa shape index (κ1) is 23.3. The zero-order chi connectivity index (χ0) is 24.2. The summed E-state index contributed by atoms with van der Waals surface area (Å²) in [5.74, 6) is 0.500. The number of hydrogen-bond donors (Lipinski definition) is 0. The topological polar surface area (TPSA) is 160 Å². The summed E-state index contributed by atoms with van der Waals surface area (Å²) in [6, 6.07) is 9.76. The van der Waals surface area contributed by atoms with Crippen molar-refractivity contribution in [3.8, 4) is 11.8 Å². The maximum Gasteiger partial charge on any atom is 0.294 e. The molecule has 1 unspecified atom stereocenters. The molecule has 1 aliphatic rings. The summed E-state index contributed by atoms with van der Waals surface area (Å²) in [6.45, 7) is 3.25. The van der Waals surface area contributed by atoms with Crippen molar-refractivity contribution in [2.75, 3.05) is 6.61 Å². The molecular weight excluding hydrogens is 436 g/mol. The number of nitriles is 1. The third-order valence-electron chi connectivity index (χ3n) is 4.81. The van der Waals surface area contributed by atoms with Crippen molar-refractivity contribution in [2.24, 2.45) is 0 Å². The van der Waals surface area contributed by atoms with E-state index in [2.05, 4.69) is 15.7 Å². The average Bonchev–Trinajstić information content (AvgIpc) is 2.73. The fourth-order valence-corrected chi connectivity index (χ4v) is 3.48. The molecule has 0 N–H and O–H groups in total. The molecule has 0 radical (unpaired) electrons. The lowest BCUT2D eigenvalue weighted by Gasteiger charge is -2.31. The van der Waals surface area contributed by atoms with E-state index in [9.17, 15) is 30.3 Å². The molecule has 0 bridgehead atoms. The molecule has 0 saturated heterocycles. The largest absolute Gasteiger partial charge is 0.483 e. The van der Waals surface area contributed by atoms with Crippen LogP contribution in [0.2, 0.25) is 0 Å². The second-order valence-electron chi connectivity index (χ2n) is 7.80. The predicted octanol–water partition coefficient (Wildman–Crippen LogP) is 2.50. The molecule has 1 aliphatic heterocycles. The van der Waals surface area contributed by atoms with E-state index in [1.165, 1.54) is 22.9 Å². The Morgan fingerprint density at radius 2 is 1.97 bits per heavy atom. The van der Waals surface area contributed by atoms with Crippen molar-refractivity contribution in [1.29, 1.82) is 5.26 Å². The third kappa shape index (κ3) is 5.85. The SMILES string of the molecule is CC1(C)C=C(n2cc(CC(CCO[N+](=O)[O-])O[N+](=O)[O-])ccc2=O)c2cc(C#N)ccc2O1. The van der Waals surface area contributed by atoms with E-state index in [1.807, 2.05) is 13.8 Å². The minimum absolute atomic E-state index is 0.000595. The van der Waals surface area contributed by atoms with Crippen molar-refractivity contribution in [3.05, 3.63) is 89.9 Å². The first-order valence-electron chi connectivity index (χ1n) is 9.85. The zero-order valence-corrected chi connectivity index (χ0v) is 17.8. The van der Waals surface area contributed by atoms with Crippen molar-refractivity contribution in [1.82, 2.24) is 4.57 Å². The Bertz CT molecular complexity index is 1210. The van der Waals surface area contributed by atoms with Gasteiger partial charge in [0.25, 0.3) is 15.7 Å². The van der Waals surface area contributed by atoms with Crippen LogP contribution in [0.15, 0.2) is 47.4 Å². The van der Waals surface area contributed by atoms with E-state index >= 15 is 0 Å². The standard InChI is InChI=1S/C21H20N4O8/c1-21(2)11-18(17-10-14(12-22)3-5-19(17)32-21)23-13-15(4-6-20(23)26)9-16(33-25(29)30)7-8-31-24(27)28/h3-6,10-11,13,16H,7-9H2,1-2H3. The molecule has 1 aromatic carbocycles. The molecule has 0 saturated carbocycles. The van der Waals surface area contributed by atoms with Crippen molar-refractivity contribution in [3.63, 3.8) is 0 Å². The van der Waals surface area contributed by atoms with Gasteiger partial charge in [-0.25, -0.2) is 0 Å². The smallest absolute Gasteiger partial charge is 0.294 e. The van der Waals surface area contributed by atoms with E-state index in [-0.39, 0.29) is 25.0 Å². The second-order valence-corrected chi connectivity index (χ2v) is 7.80. The molecule has 12 heteroatoms. The van der Waals surface area contributed by atoms with Crippen LogP contribution >= 0.6 is 0 Å². The number of pyridine rings is 1. The highest BCUT2D eigenvalue weighted by Gasteiger charge is 2.28. The summed E-state index contributed by atoms with van der Waals surface area (Å²) < 4.78 is 7.32. The van der Waals surface area contributed by atoms with Crippen LogP contribution in [-0.4, -0.2) is 33.1 Å². The lowest BCUT2D eigenvalue weighted by Crippen LogP contribution is -2.32. The lowest BCUT2D eigenvalue weighted by molar-refractivity contribution is -0.773. The summed E-state index contributed by atoms with van der Waals surface area (Å²) in [5.41, 5.74) is 0.838. The highest BCUT2D eigenvalue weighted by atomic mass is 17.0. The van der Waals surface area contributed by atoms with Gasteiger partial charge in [0.1, 0.15) is 17.5 Å². The van der Waals surface area contributed by atoms with E-state index < -0.39 is 21.9 Å². The number of fused-ring (bicyclic) bond motifs is 1. The van der Waals surface area contributed by atoms with Gasteiger partial charge in [0.15, 0.2) is 0 Å². The Labute approximate surface area is 187 Å². The summed E-state index contributed by atoms with van der Waals surface area (Å²) in [4.78, 5) is 42.8. The van der Waals surface area contributed by atoms with Gasteiger partial charge >= 0.3 is 0 Å². The van der Waals surface area contributed by atoms with Crippen LogP contribution in [0.25, 0.3) is 5.70 Å². The summed E-state index contributed by atoms with van der Waals surface area (Å²) >= 11 is 0. The van der Waals surface area contributed by atoms with Crippen molar-refractivity contribution in [2.45, 2.75) is 38.4 Å². The number of hydrogen-bond acceptors (Lipinski definition) is 9. The summed E-state index contributed by atoms with van der Waals surface area (Å²) in [5, 5.41) is 28.5. The quantitative estimate of drug-likeness (QED) is 0.408. The molecule has 0 amide bonds. The highest BCUT2D eigenvalue weighted by molar-refractivity contribution is 5.74. The van der Waals surface area contributed by atoms with Gasteiger partial charge < -0.3 is 14.4 Å². The average molecular weight is 456 g/mol. The van der Waals surface area contributed by atoms with E-state index in [0.29, 0.717) is 28.1 Å². The van der Waals surface area contributed by atoms with Crippen molar-refractivity contribution >= 4 is 5.70 Å². The molecule has 0 aliphatic carbocycles. The fourth-order valence-electron chi connectivity index (χ4n) is 3.48. The first-order chi connectivity index (χ1) is 15.6.